The van der Waals surface area contributed by atoms with Crippen LogP contribution >= 0.6 is 0 Å². The minimum absolute atomic E-state index is 0.425. The molecule has 0 aliphatic heterocycles. The van der Waals surface area contributed by atoms with Crippen molar-refractivity contribution in [2.75, 3.05) is 21.3 Å². The fraction of sp³-hybridized carbons (Fsp3) is 0.364. The molecule has 0 spiro atoms. The average molecular weight is 225 g/mol. The third kappa shape index (κ3) is 2.18. The van der Waals surface area contributed by atoms with Gasteiger partial charge in [-0.25, -0.2) is 0 Å². The van der Waals surface area contributed by atoms with E-state index in [1.807, 2.05) is 0 Å². The van der Waals surface area contributed by atoms with Gasteiger partial charge in [0, 0.05) is 11.6 Å². The minimum atomic E-state index is 0.425. The molecule has 0 aliphatic rings. The Labute approximate surface area is 94.2 Å². The highest BCUT2D eigenvalue weighted by molar-refractivity contribution is 6.01. The fourth-order valence-corrected chi connectivity index (χ4v) is 1.38. The summed E-state index contributed by atoms with van der Waals surface area (Å²) >= 11 is 0. The molecule has 1 aromatic carbocycles. The first-order valence-corrected chi connectivity index (χ1v) is 4.67. The van der Waals surface area contributed by atoms with Crippen LogP contribution in [0.1, 0.15) is 12.5 Å². The molecule has 0 aromatic heterocycles. The summed E-state index contributed by atoms with van der Waals surface area (Å²) in [4.78, 5) is 0. The van der Waals surface area contributed by atoms with Crippen LogP contribution in [0.15, 0.2) is 17.3 Å². The second-order valence-electron chi connectivity index (χ2n) is 3.10. The summed E-state index contributed by atoms with van der Waals surface area (Å²) in [6.07, 6.45) is 0. The number of nitrogens with zero attached hydrogens (tertiary/aromatic N) is 1. The van der Waals surface area contributed by atoms with E-state index in [-0.39, 0.29) is 0 Å². The van der Waals surface area contributed by atoms with E-state index in [1.165, 1.54) is 14.2 Å². The molecule has 0 fully saturated rings. The first-order valence-electron chi connectivity index (χ1n) is 4.67. The molecule has 5 nitrogen and oxygen atoms in total. The Kier molecular flexibility index (Phi) is 3.99. The molecular formula is C11H15NO4. The largest absolute Gasteiger partial charge is 0.497 e. The molecule has 0 bridgehead atoms. The van der Waals surface area contributed by atoms with E-state index in [0.29, 0.717) is 28.5 Å². The maximum atomic E-state index is 8.79. The highest BCUT2D eigenvalue weighted by Crippen LogP contribution is 2.35. The molecule has 1 N–H and O–H groups in total. The topological polar surface area (TPSA) is 60.3 Å². The normalized spacial score (nSPS) is 11.1. The lowest BCUT2D eigenvalue weighted by atomic mass is 10.1. The van der Waals surface area contributed by atoms with Gasteiger partial charge in [-0.05, 0) is 13.0 Å². The standard InChI is InChI=1S/C11H15NO4/c1-7(12-13)9-5-8(14-2)6-10(15-3)11(9)16-4/h5-6,13H,1-4H3. The molecule has 0 amide bonds. The quantitative estimate of drug-likeness (QED) is 0.483. The number of oxime groups is 1. The van der Waals surface area contributed by atoms with E-state index in [0.717, 1.165) is 0 Å². The Balaban J connectivity index is 3.43. The van der Waals surface area contributed by atoms with Crippen LogP contribution in [0.25, 0.3) is 0 Å². The summed E-state index contributed by atoms with van der Waals surface area (Å²) in [5.74, 6) is 1.65. The molecule has 1 rings (SSSR count). The van der Waals surface area contributed by atoms with E-state index in [2.05, 4.69) is 5.16 Å². The molecule has 88 valence electrons. The van der Waals surface area contributed by atoms with Gasteiger partial charge in [-0.1, -0.05) is 5.16 Å². The first-order chi connectivity index (χ1) is 7.67. The monoisotopic (exact) mass is 225 g/mol. The zero-order valence-corrected chi connectivity index (χ0v) is 9.77. The van der Waals surface area contributed by atoms with Crippen molar-refractivity contribution in [1.82, 2.24) is 0 Å². The summed E-state index contributed by atoms with van der Waals surface area (Å²) in [6, 6.07) is 3.42. The predicted molar refractivity (Wildman–Crippen MR) is 60.1 cm³/mol. The summed E-state index contributed by atoms with van der Waals surface area (Å²) in [6.45, 7) is 1.66. The van der Waals surface area contributed by atoms with Gasteiger partial charge in [0.25, 0.3) is 0 Å². The third-order valence-corrected chi connectivity index (χ3v) is 2.23. The van der Waals surface area contributed by atoms with E-state index in [1.54, 1.807) is 26.2 Å². The maximum absolute atomic E-state index is 8.79. The van der Waals surface area contributed by atoms with E-state index in [4.69, 9.17) is 19.4 Å². The summed E-state index contributed by atoms with van der Waals surface area (Å²) in [5.41, 5.74) is 1.05. The number of hydrogen-bond donors (Lipinski definition) is 1. The van der Waals surface area contributed by atoms with Crippen LogP contribution in [0.2, 0.25) is 0 Å². The van der Waals surface area contributed by atoms with Crippen LogP contribution < -0.4 is 14.2 Å². The van der Waals surface area contributed by atoms with Gasteiger partial charge in [0.15, 0.2) is 11.5 Å². The Hall–Kier alpha value is -1.91. The van der Waals surface area contributed by atoms with Crippen LogP contribution in [0.3, 0.4) is 0 Å². The lowest BCUT2D eigenvalue weighted by molar-refractivity contribution is 0.318. The highest BCUT2D eigenvalue weighted by Gasteiger charge is 2.15. The zero-order valence-electron chi connectivity index (χ0n) is 9.77. The van der Waals surface area contributed by atoms with Gasteiger partial charge >= 0.3 is 0 Å². The zero-order chi connectivity index (χ0) is 12.1. The summed E-state index contributed by atoms with van der Waals surface area (Å²) in [7, 11) is 4.61. The van der Waals surface area contributed by atoms with Crippen molar-refractivity contribution < 1.29 is 19.4 Å². The SMILES string of the molecule is COc1cc(OC)c(OC)c(C(C)=NO)c1. The molecule has 0 aliphatic carbocycles. The molecule has 0 heterocycles. The molecular weight excluding hydrogens is 210 g/mol. The number of ether oxygens (including phenoxy) is 3. The maximum Gasteiger partial charge on any atom is 0.170 e. The van der Waals surface area contributed by atoms with Crippen molar-refractivity contribution in [3.05, 3.63) is 17.7 Å². The highest BCUT2D eigenvalue weighted by atomic mass is 16.5. The Morgan fingerprint density at radius 1 is 1.12 bits per heavy atom. The van der Waals surface area contributed by atoms with Crippen molar-refractivity contribution in [2.24, 2.45) is 5.16 Å². The van der Waals surface area contributed by atoms with Gasteiger partial charge in [0.2, 0.25) is 0 Å². The van der Waals surface area contributed by atoms with Gasteiger partial charge in [-0.15, -0.1) is 0 Å². The Bertz CT molecular complexity index is 401. The number of benzene rings is 1. The molecule has 0 saturated carbocycles. The van der Waals surface area contributed by atoms with Crippen molar-refractivity contribution in [1.29, 1.82) is 0 Å². The van der Waals surface area contributed by atoms with Crippen molar-refractivity contribution in [3.63, 3.8) is 0 Å². The van der Waals surface area contributed by atoms with Crippen molar-refractivity contribution >= 4 is 5.71 Å². The van der Waals surface area contributed by atoms with Crippen LogP contribution in [0.4, 0.5) is 0 Å². The minimum Gasteiger partial charge on any atom is -0.497 e. The van der Waals surface area contributed by atoms with Crippen molar-refractivity contribution in [3.8, 4) is 17.2 Å². The molecule has 0 radical (unpaired) electrons. The summed E-state index contributed by atoms with van der Waals surface area (Å²) in [5, 5.41) is 11.9. The van der Waals surface area contributed by atoms with Gasteiger partial charge in [0.05, 0.1) is 27.0 Å². The molecule has 0 unspecified atom stereocenters. The second kappa shape index (κ2) is 5.25. The number of methoxy groups -OCH3 is 3. The van der Waals surface area contributed by atoms with E-state index in [9.17, 15) is 0 Å². The molecule has 0 saturated heterocycles. The van der Waals surface area contributed by atoms with Gasteiger partial charge in [0.1, 0.15) is 5.75 Å². The lowest BCUT2D eigenvalue weighted by Gasteiger charge is -2.13. The fourth-order valence-electron chi connectivity index (χ4n) is 1.38. The Morgan fingerprint density at radius 2 is 1.81 bits per heavy atom. The van der Waals surface area contributed by atoms with Gasteiger partial charge in [-0.3, -0.25) is 0 Å². The van der Waals surface area contributed by atoms with E-state index >= 15 is 0 Å². The molecule has 0 atom stereocenters. The lowest BCUT2D eigenvalue weighted by Crippen LogP contribution is -2.02. The predicted octanol–water partition coefficient (Wildman–Crippen LogP) is 1.91. The number of hydrogen-bond acceptors (Lipinski definition) is 5. The van der Waals surface area contributed by atoms with Crippen LogP contribution in [0.5, 0.6) is 17.2 Å². The van der Waals surface area contributed by atoms with Gasteiger partial charge in [-0.2, -0.15) is 0 Å². The molecule has 1 aromatic rings. The second-order valence-corrected chi connectivity index (χ2v) is 3.10. The number of rotatable bonds is 4. The summed E-state index contributed by atoms with van der Waals surface area (Å²) < 4.78 is 15.5. The van der Waals surface area contributed by atoms with E-state index < -0.39 is 0 Å². The first kappa shape index (κ1) is 12.2. The molecule has 5 heteroatoms. The smallest absolute Gasteiger partial charge is 0.170 e. The van der Waals surface area contributed by atoms with Crippen LogP contribution in [-0.4, -0.2) is 32.2 Å². The van der Waals surface area contributed by atoms with Gasteiger partial charge < -0.3 is 19.4 Å². The average Bonchev–Trinajstić information content (AvgIpc) is 2.35. The van der Waals surface area contributed by atoms with Crippen LogP contribution in [-0.2, 0) is 0 Å². The molecule has 16 heavy (non-hydrogen) atoms. The Morgan fingerprint density at radius 3 is 2.25 bits per heavy atom. The third-order valence-electron chi connectivity index (χ3n) is 2.23. The van der Waals surface area contributed by atoms with Crippen LogP contribution in [0, 0.1) is 0 Å². The van der Waals surface area contributed by atoms with Crippen molar-refractivity contribution in [2.45, 2.75) is 6.92 Å².